The third-order valence-electron chi connectivity index (χ3n) is 3.51. The molecule has 0 unspecified atom stereocenters. The van der Waals surface area contributed by atoms with Crippen LogP contribution in [0, 0.1) is 10.1 Å². The second-order valence-electron chi connectivity index (χ2n) is 5.11. The van der Waals surface area contributed by atoms with Crippen LogP contribution in [0.15, 0.2) is 18.5 Å². The lowest BCUT2D eigenvalue weighted by Crippen LogP contribution is -2.38. The van der Waals surface area contributed by atoms with Gasteiger partial charge in [0, 0.05) is 32.4 Å². The summed E-state index contributed by atoms with van der Waals surface area (Å²) in [6.45, 7) is 1.22. The molecule has 1 aromatic rings. The van der Waals surface area contributed by atoms with Gasteiger partial charge in [0.1, 0.15) is 11.9 Å². The summed E-state index contributed by atoms with van der Waals surface area (Å²) in [5.74, 6) is 0. The molecule has 1 aromatic heterocycles. The predicted molar refractivity (Wildman–Crippen MR) is 78.5 cm³/mol. The lowest BCUT2D eigenvalue weighted by molar-refractivity contribution is -0.384. The van der Waals surface area contributed by atoms with Crippen LogP contribution in [0.4, 0.5) is 25.0 Å². The Morgan fingerprint density at radius 2 is 2.17 bits per heavy atom. The van der Waals surface area contributed by atoms with E-state index >= 15 is 0 Å². The fourth-order valence-electron chi connectivity index (χ4n) is 2.38. The molecule has 2 amide bonds. The third-order valence-corrected chi connectivity index (χ3v) is 3.51. The molecule has 1 saturated heterocycles. The molecule has 1 N–H and O–H groups in total. The molecular formula is C13H17F2N5O3. The van der Waals surface area contributed by atoms with Gasteiger partial charge in [-0.15, -0.1) is 0 Å². The van der Waals surface area contributed by atoms with E-state index in [2.05, 4.69) is 10.3 Å². The Balaban J connectivity index is 1.97. The largest absolute Gasteiger partial charge is 0.323 e. The Bertz CT molecular complexity index is 572. The van der Waals surface area contributed by atoms with Gasteiger partial charge in [0.05, 0.1) is 11.5 Å². The van der Waals surface area contributed by atoms with E-state index in [1.54, 1.807) is 4.90 Å². The van der Waals surface area contributed by atoms with Gasteiger partial charge in [-0.3, -0.25) is 20.0 Å². The maximum absolute atomic E-state index is 12.4. The van der Waals surface area contributed by atoms with Crippen LogP contribution in [0.3, 0.4) is 0 Å². The number of anilines is 1. The van der Waals surface area contributed by atoms with Gasteiger partial charge in [-0.2, -0.15) is 0 Å². The highest BCUT2D eigenvalue weighted by atomic mass is 19.3. The maximum Gasteiger partial charge on any atom is 0.322 e. The Morgan fingerprint density at radius 3 is 2.87 bits per heavy atom. The molecule has 1 aliphatic rings. The zero-order valence-electron chi connectivity index (χ0n) is 12.3. The van der Waals surface area contributed by atoms with Gasteiger partial charge in [-0.05, 0) is 12.5 Å². The molecule has 10 heteroatoms. The molecule has 0 aliphatic carbocycles. The van der Waals surface area contributed by atoms with Crippen molar-refractivity contribution in [3.63, 3.8) is 0 Å². The molecule has 0 atom stereocenters. The lowest BCUT2D eigenvalue weighted by Gasteiger charge is -2.22. The number of nitro groups is 1. The third kappa shape index (κ3) is 4.81. The van der Waals surface area contributed by atoms with Gasteiger partial charge in [0.15, 0.2) is 0 Å². The predicted octanol–water partition coefficient (Wildman–Crippen LogP) is 1.79. The minimum atomic E-state index is -2.41. The monoisotopic (exact) mass is 329 g/mol. The lowest BCUT2D eigenvalue weighted by atomic mass is 10.3. The summed E-state index contributed by atoms with van der Waals surface area (Å²) in [4.78, 5) is 29.2. The molecule has 0 saturated carbocycles. The van der Waals surface area contributed by atoms with Crippen molar-refractivity contribution in [1.29, 1.82) is 0 Å². The zero-order chi connectivity index (χ0) is 16.8. The van der Waals surface area contributed by atoms with Gasteiger partial charge in [0.2, 0.25) is 0 Å². The minimum Gasteiger partial charge on any atom is -0.323 e. The normalized spacial score (nSPS) is 16.2. The number of halogens is 2. The molecule has 0 spiro atoms. The number of amides is 2. The first-order valence-corrected chi connectivity index (χ1v) is 7.12. The second kappa shape index (κ2) is 7.77. The van der Waals surface area contributed by atoms with E-state index in [4.69, 9.17) is 0 Å². The summed E-state index contributed by atoms with van der Waals surface area (Å²) in [6, 6.07) is 0.856. The van der Waals surface area contributed by atoms with E-state index in [0.717, 1.165) is 6.20 Å². The van der Waals surface area contributed by atoms with Crippen molar-refractivity contribution >= 4 is 17.4 Å². The van der Waals surface area contributed by atoms with E-state index in [1.165, 1.54) is 17.2 Å². The molecule has 0 bridgehead atoms. The number of alkyl halides is 2. The van der Waals surface area contributed by atoms with Crippen LogP contribution in [0.5, 0.6) is 0 Å². The van der Waals surface area contributed by atoms with Gasteiger partial charge in [-0.25, -0.2) is 13.6 Å². The number of aromatic nitrogens is 1. The Morgan fingerprint density at radius 1 is 1.39 bits per heavy atom. The van der Waals surface area contributed by atoms with E-state index in [9.17, 15) is 23.7 Å². The molecule has 23 heavy (non-hydrogen) atoms. The smallest absolute Gasteiger partial charge is 0.322 e. The fourth-order valence-corrected chi connectivity index (χ4v) is 2.38. The molecule has 1 aliphatic heterocycles. The second-order valence-corrected chi connectivity index (χ2v) is 5.11. The number of urea groups is 1. The highest BCUT2D eigenvalue weighted by Gasteiger charge is 2.23. The number of hydrogen-bond acceptors (Lipinski definition) is 5. The van der Waals surface area contributed by atoms with Crippen molar-refractivity contribution in [2.45, 2.75) is 12.8 Å². The van der Waals surface area contributed by atoms with Crippen LogP contribution in [0.25, 0.3) is 0 Å². The van der Waals surface area contributed by atoms with Gasteiger partial charge in [0.25, 0.3) is 6.43 Å². The van der Waals surface area contributed by atoms with E-state index in [1.807, 2.05) is 0 Å². The Hall–Kier alpha value is -2.36. The number of pyridine rings is 1. The van der Waals surface area contributed by atoms with Crippen LogP contribution in [0.2, 0.25) is 0 Å². The van der Waals surface area contributed by atoms with Crippen LogP contribution in [-0.4, -0.2) is 64.9 Å². The molecule has 2 heterocycles. The van der Waals surface area contributed by atoms with Crippen molar-refractivity contribution < 1.29 is 18.5 Å². The van der Waals surface area contributed by atoms with Crippen LogP contribution in [0.1, 0.15) is 6.42 Å². The first kappa shape index (κ1) is 17.0. The highest BCUT2D eigenvalue weighted by Crippen LogP contribution is 2.22. The number of nitrogens with zero attached hydrogens (tertiary/aromatic N) is 4. The Labute approximate surface area is 131 Å². The van der Waals surface area contributed by atoms with Crippen LogP contribution < -0.4 is 5.32 Å². The highest BCUT2D eigenvalue weighted by molar-refractivity contribution is 5.91. The number of hydrogen-bond donors (Lipinski definition) is 1. The average molecular weight is 329 g/mol. The number of carbonyl (C=O) groups excluding carboxylic acids is 1. The van der Waals surface area contributed by atoms with Crippen LogP contribution >= 0.6 is 0 Å². The quantitative estimate of drug-likeness (QED) is 0.672. The fraction of sp³-hybridized carbons (Fsp3) is 0.538. The molecule has 1 fully saturated rings. The summed E-state index contributed by atoms with van der Waals surface area (Å²) in [5, 5.41) is 13.4. The number of carbonyl (C=O) groups is 1. The summed E-state index contributed by atoms with van der Waals surface area (Å²) in [6.07, 6.45) is 0.561. The first-order valence-electron chi connectivity index (χ1n) is 7.12. The summed E-state index contributed by atoms with van der Waals surface area (Å²) in [7, 11) is 0. The van der Waals surface area contributed by atoms with Crippen molar-refractivity contribution in [2.75, 3.05) is 38.0 Å². The zero-order valence-corrected chi connectivity index (χ0v) is 12.3. The van der Waals surface area contributed by atoms with Crippen molar-refractivity contribution in [3.05, 3.63) is 28.6 Å². The van der Waals surface area contributed by atoms with Crippen molar-refractivity contribution in [1.82, 2.24) is 14.8 Å². The van der Waals surface area contributed by atoms with Gasteiger partial charge >= 0.3 is 11.7 Å². The summed E-state index contributed by atoms with van der Waals surface area (Å²) >= 11 is 0. The Kier molecular flexibility index (Phi) is 5.74. The molecular weight excluding hydrogens is 312 g/mol. The summed E-state index contributed by atoms with van der Waals surface area (Å²) in [5.41, 5.74) is -0.237. The minimum absolute atomic E-state index is 0.0590. The first-order chi connectivity index (χ1) is 11.0. The molecule has 0 radical (unpaired) electrons. The topological polar surface area (TPSA) is 91.6 Å². The van der Waals surface area contributed by atoms with E-state index < -0.39 is 17.4 Å². The van der Waals surface area contributed by atoms with Gasteiger partial charge < -0.3 is 10.2 Å². The number of rotatable bonds is 4. The number of nitrogens with one attached hydrogen (secondary N) is 1. The van der Waals surface area contributed by atoms with Gasteiger partial charge in [-0.1, -0.05) is 0 Å². The van der Waals surface area contributed by atoms with E-state index in [0.29, 0.717) is 26.1 Å². The SMILES string of the molecule is O=C(Nc1ccncc1[N+](=O)[O-])N1CCCN(CC(F)F)CC1. The van der Waals surface area contributed by atoms with Crippen molar-refractivity contribution in [3.8, 4) is 0 Å². The average Bonchev–Trinajstić information content (AvgIpc) is 2.72. The maximum atomic E-state index is 12.4. The summed E-state index contributed by atoms with van der Waals surface area (Å²) < 4.78 is 24.8. The van der Waals surface area contributed by atoms with Crippen molar-refractivity contribution in [2.24, 2.45) is 0 Å². The van der Waals surface area contributed by atoms with Crippen LogP contribution in [-0.2, 0) is 0 Å². The molecule has 8 nitrogen and oxygen atoms in total. The molecule has 126 valence electrons. The molecule has 2 rings (SSSR count). The standard InChI is InChI=1S/C13H17F2N5O3/c14-12(15)9-18-4-1-5-19(7-6-18)13(21)17-10-2-3-16-8-11(10)20(22)23/h2-3,8,12H,1,4-7,9H2,(H,16,17,21). The van der Waals surface area contributed by atoms with E-state index in [-0.39, 0.29) is 24.5 Å². The molecule has 0 aromatic carbocycles.